The summed E-state index contributed by atoms with van der Waals surface area (Å²) < 4.78 is 15.0. The number of aromatic nitrogens is 4. The first-order valence-electron chi connectivity index (χ1n) is 7.26. The summed E-state index contributed by atoms with van der Waals surface area (Å²) >= 11 is 5.92. The Bertz CT molecular complexity index is 800. The Kier molecular flexibility index (Phi) is 4.34. The third-order valence-electron chi connectivity index (χ3n) is 3.52. The predicted octanol–water partition coefficient (Wildman–Crippen LogP) is 4.42. The average molecular weight is 319 g/mol. The van der Waals surface area contributed by atoms with Gasteiger partial charge in [0, 0.05) is 30.1 Å². The fourth-order valence-corrected chi connectivity index (χ4v) is 2.52. The molecule has 3 aromatic rings. The zero-order valence-corrected chi connectivity index (χ0v) is 13.0. The quantitative estimate of drug-likeness (QED) is 0.654. The number of alkyl halides is 1. The van der Waals surface area contributed by atoms with E-state index in [1.54, 1.807) is 16.9 Å². The Hall–Kier alpha value is -2.01. The molecule has 0 fully saturated rings. The first-order valence-corrected chi connectivity index (χ1v) is 7.64. The molecule has 0 saturated carbocycles. The van der Waals surface area contributed by atoms with Gasteiger partial charge in [-0.25, -0.2) is 9.37 Å². The normalized spacial score (nSPS) is 11.2. The lowest BCUT2D eigenvalue weighted by Crippen LogP contribution is -1.98. The molecule has 114 valence electrons. The highest BCUT2D eigenvalue weighted by atomic mass is 35.5. The van der Waals surface area contributed by atoms with Crippen molar-refractivity contribution < 1.29 is 4.39 Å². The van der Waals surface area contributed by atoms with Crippen LogP contribution in [0.4, 0.5) is 4.39 Å². The Morgan fingerprint density at radius 3 is 2.91 bits per heavy atom. The van der Waals surface area contributed by atoms with Crippen molar-refractivity contribution in [1.29, 1.82) is 0 Å². The van der Waals surface area contributed by atoms with Crippen molar-refractivity contribution in [2.75, 3.05) is 0 Å². The van der Waals surface area contributed by atoms with E-state index in [0.29, 0.717) is 16.4 Å². The van der Waals surface area contributed by atoms with Gasteiger partial charge in [-0.3, -0.25) is 9.67 Å². The number of pyridine rings is 2. The van der Waals surface area contributed by atoms with Gasteiger partial charge in [0.05, 0.1) is 11.0 Å². The Balaban J connectivity index is 2.04. The van der Waals surface area contributed by atoms with Crippen molar-refractivity contribution in [3.8, 4) is 11.1 Å². The summed E-state index contributed by atoms with van der Waals surface area (Å²) in [5, 5.41) is 4.72. The Morgan fingerprint density at radius 2 is 2.14 bits per heavy atom. The van der Waals surface area contributed by atoms with Crippen LogP contribution in [-0.2, 0) is 13.2 Å². The molecule has 0 aliphatic carbocycles. The smallest absolute Gasteiger partial charge is 0.134 e. The van der Waals surface area contributed by atoms with Crippen molar-refractivity contribution in [2.45, 2.75) is 33.0 Å². The third-order valence-corrected chi connectivity index (χ3v) is 3.73. The second-order valence-corrected chi connectivity index (χ2v) is 5.52. The molecule has 3 heterocycles. The molecule has 6 heteroatoms. The molecule has 0 unspecified atom stereocenters. The largest absolute Gasteiger partial charge is 0.272 e. The van der Waals surface area contributed by atoms with Gasteiger partial charge >= 0.3 is 0 Å². The van der Waals surface area contributed by atoms with E-state index >= 15 is 0 Å². The topological polar surface area (TPSA) is 43.6 Å². The molecule has 4 nitrogen and oxygen atoms in total. The van der Waals surface area contributed by atoms with Crippen LogP contribution in [0.5, 0.6) is 0 Å². The van der Waals surface area contributed by atoms with Crippen LogP contribution in [0.3, 0.4) is 0 Å². The summed E-state index contributed by atoms with van der Waals surface area (Å²) in [6, 6.07) is 5.38. The van der Waals surface area contributed by atoms with Crippen LogP contribution >= 0.6 is 11.6 Å². The first-order chi connectivity index (χ1) is 10.7. The van der Waals surface area contributed by atoms with Gasteiger partial charge in [0.15, 0.2) is 0 Å². The van der Waals surface area contributed by atoms with Gasteiger partial charge in [0.2, 0.25) is 0 Å². The minimum atomic E-state index is -0.602. The minimum Gasteiger partial charge on any atom is -0.272 e. The molecule has 0 spiro atoms. The molecule has 0 aromatic carbocycles. The molecule has 0 aliphatic rings. The molecule has 0 amide bonds. The molecule has 3 aromatic heterocycles. The van der Waals surface area contributed by atoms with Gasteiger partial charge in [-0.15, -0.1) is 0 Å². The van der Waals surface area contributed by atoms with Crippen molar-refractivity contribution >= 4 is 22.6 Å². The average Bonchev–Trinajstić information content (AvgIpc) is 2.95. The van der Waals surface area contributed by atoms with E-state index in [-0.39, 0.29) is 0 Å². The van der Waals surface area contributed by atoms with E-state index in [2.05, 4.69) is 22.0 Å². The fourth-order valence-electron chi connectivity index (χ4n) is 2.36. The van der Waals surface area contributed by atoms with Crippen molar-refractivity contribution in [3.63, 3.8) is 0 Å². The summed E-state index contributed by atoms with van der Waals surface area (Å²) in [7, 11) is 0. The van der Waals surface area contributed by atoms with Gasteiger partial charge in [-0.2, -0.15) is 5.10 Å². The number of hydrogen-bond donors (Lipinski definition) is 0. The maximum atomic E-state index is 13.3. The van der Waals surface area contributed by atoms with E-state index in [9.17, 15) is 4.39 Å². The van der Waals surface area contributed by atoms with Crippen LogP contribution in [0.2, 0.25) is 5.15 Å². The lowest BCUT2D eigenvalue weighted by Gasteiger charge is -2.02. The van der Waals surface area contributed by atoms with Gasteiger partial charge in [0.1, 0.15) is 17.5 Å². The maximum absolute atomic E-state index is 13.3. The van der Waals surface area contributed by atoms with Crippen LogP contribution in [0, 0.1) is 0 Å². The minimum absolute atomic E-state index is 0.413. The maximum Gasteiger partial charge on any atom is 0.134 e. The van der Waals surface area contributed by atoms with Crippen LogP contribution < -0.4 is 0 Å². The molecule has 0 saturated heterocycles. The highest BCUT2D eigenvalue weighted by Crippen LogP contribution is 2.26. The molecule has 0 aliphatic heterocycles. The Labute approximate surface area is 133 Å². The van der Waals surface area contributed by atoms with E-state index in [1.807, 2.05) is 18.3 Å². The van der Waals surface area contributed by atoms with Crippen molar-refractivity contribution in [1.82, 2.24) is 19.7 Å². The summed E-state index contributed by atoms with van der Waals surface area (Å²) in [5.74, 6) is 0. The molecular weight excluding hydrogens is 303 g/mol. The number of aryl methyl sites for hydroxylation is 1. The monoisotopic (exact) mass is 318 g/mol. The number of hydrogen-bond acceptors (Lipinski definition) is 3. The zero-order valence-electron chi connectivity index (χ0n) is 12.3. The number of rotatable bonds is 5. The first kappa shape index (κ1) is 14.9. The van der Waals surface area contributed by atoms with Crippen LogP contribution in [-0.4, -0.2) is 19.7 Å². The highest BCUT2D eigenvalue weighted by molar-refractivity contribution is 6.29. The van der Waals surface area contributed by atoms with Crippen LogP contribution in [0.25, 0.3) is 22.2 Å². The number of nitrogens with zero attached hydrogens (tertiary/aromatic N) is 4. The summed E-state index contributed by atoms with van der Waals surface area (Å²) in [5.41, 5.74) is 3.44. The van der Waals surface area contributed by atoms with E-state index in [4.69, 9.17) is 11.6 Å². The second-order valence-electron chi connectivity index (χ2n) is 5.14. The summed E-state index contributed by atoms with van der Waals surface area (Å²) in [6.45, 7) is 2.30. The van der Waals surface area contributed by atoms with Crippen molar-refractivity contribution in [2.24, 2.45) is 0 Å². The van der Waals surface area contributed by atoms with Gasteiger partial charge < -0.3 is 0 Å². The molecule has 0 bridgehead atoms. The predicted molar refractivity (Wildman–Crippen MR) is 85.5 cm³/mol. The lowest BCUT2D eigenvalue weighted by molar-refractivity contribution is 0.465. The van der Waals surface area contributed by atoms with Crippen molar-refractivity contribution in [3.05, 3.63) is 41.4 Å². The van der Waals surface area contributed by atoms with E-state index in [1.165, 1.54) is 0 Å². The third kappa shape index (κ3) is 2.95. The van der Waals surface area contributed by atoms with E-state index < -0.39 is 6.67 Å². The number of halogens is 2. The highest BCUT2D eigenvalue weighted by Gasteiger charge is 2.12. The fraction of sp³-hybridized carbons (Fsp3) is 0.312. The summed E-state index contributed by atoms with van der Waals surface area (Å²) in [4.78, 5) is 8.62. The van der Waals surface area contributed by atoms with Crippen LogP contribution in [0.15, 0.2) is 30.6 Å². The molecule has 22 heavy (non-hydrogen) atoms. The summed E-state index contributed by atoms with van der Waals surface area (Å²) in [6.07, 6.45) is 5.68. The zero-order chi connectivity index (χ0) is 15.5. The van der Waals surface area contributed by atoms with Crippen LogP contribution in [0.1, 0.15) is 25.5 Å². The lowest BCUT2D eigenvalue weighted by atomic mass is 10.1. The molecule has 0 atom stereocenters. The Morgan fingerprint density at radius 1 is 1.27 bits per heavy atom. The number of unbranched alkanes of at least 4 members (excludes halogenated alkanes) is 1. The van der Waals surface area contributed by atoms with Gasteiger partial charge in [-0.05, 0) is 24.6 Å². The van der Waals surface area contributed by atoms with Gasteiger partial charge in [0.25, 0.3) is 0 Å². The molecule has 0 radical (unpaired) electrons. The second kappa shape index (κ2) is 6.40. The standard InChI is InChI=1S/C16H16ClFN4/c1-2-3-6-22-10-12(15(8-18)21-22)11-7-14-13(19-9-11)4-5-16(17)20-14/h4-5,7,9-10H,2-3,6,8H2,1H3. The number of fused-ring (bicyclic) bond motifs is 1. The van der Waals surface area contributed by atoms with E-state index in [0.717, 1.165) is 36.0 Å². The SMILES string of the molecule is CCCCn1cc(-c2cnc3ccc(Cl)nc3c2)c(CF)n1. The van der Waals surface area contributed by atoms with Gasteiger partial charge in [-0.1, -0.05) is 24.9 Å². The molecular formula is C16H16ClFN4. The molecule has 0 N–H and O–H groups in total. The molecule has 3 rings (SSSR count).